The van der Waals surface area contributed by atoms with Gasteiger partial charge < -0.3 is 10.6 Å². The van der Waals surface area contributed by atoms with Crippen molar-refractivity contribution in [1.29, 1.82) is 0 Å². The van der Waals surface area contributed by atoms with Gasteiger partial charge in [-0.05, 0) is 18.2 Å². The van der Waals surface area contributed by atoms with Crippen molar-refractivity contribution in [2.24, 2.45) is 0 Å². The zero-order chi connectivity index (χ0) is 14.9. The third kappa shape index (κ3) is 3.40. The fourth-order valence-corrected chi connectivity index (χ4v) is 2.97. The Balaban J connectivity index is 2.46. The van der Waals surface area contributed by atoms with Gasteiger partial charge >= 0.3 is 0 Å². The molecule has 2 rings (SSSR count). The predicted molar refractivity (Wildman–Crippen MR) is 86.8 cm³/mol. The van der Waals surface area contributed by atoms with Crippen LogP contribution in [0.2, 0.25) is 0 Å². The molecule has 1 aromatic carbocycles. The molecule has 0 fully saturated rings. The third-order valence-electron chi connectivity index (χ3n) is 3.01. The molecule has 0 saturated carbocycles. The highest BCUT2D eigenvalue weighted by Gasteiger charge is 2.13. The Hall–Kier alpha value is -1.34. The third-order valence-corrected chi connectivity index (χ3v) is 4.43. The Labute approximate surface area is 126 Å². The van der Waals surface area contributed by atoms with Crippen molar-refractivity contribution in [3.63, 3.8) is 0 Å². The Bertz CT molecular complexity index is 741. The van der Waals surface area contributed by atoms with Gasteiger partial charge in [0, 0.05) is 29.7 Å². The maximum Gasteiger partial charge on any atom is 0.149 e. The number of fused-ring (bicyclic) bond motifs is 1. The Morgan fingerprint density at radius 2 is 2.10 bits per heavy atom. The molecule has 20 heavy (non-hydrogen) atoms. The Kier molecular flexibility index (Phi) is 4.19. The summed E-state index contributed by atoms with van der Waals surface area (Å²) in [6.07, 6.45) is 2.83. The maximum atomic E-state index is 11.3. The van der Waals surface area contributed by atoms with E-state index in [2.05, 4.69) is 20.9 Å². The van der Waals surface area contributed by atoms with Gasteiger partial charge in [-0.1, -0.05) is 15.9 Å². The van der Waals surface area contributed by atoms with E-state index in [9.17, 15) is 8.42 Å². The molecule has 0 spiro atoms. The summed E-state index contributed by atoms with van der Waals surface area (Å²) in [5.41, 5.74) is 8.17. The van der Waals surface area contributed by atoms with Crippen molar-refractivity contribution < 1.29 is 8.42 Å². The van der Waals surface area contributed by atoms with Crippen LogP contribution in [0.25, 0.3) is 10.9 Å². The van der Waals surface area contributed by atoms with Gasteiger partial charge in [-0.15, -0.1) is 0 Å². The average Bonchev–Trinajstić information content (AvgIpc) is 2.35. The number of rotatable bonds is 4. The summed E-state index contributed by atoms with van der Waals surface area (Å²) < 4.78 is 23.5. The second-order valence-corrected chi connectivity index (χ2v) is 7.95. The number of pyridine rings is 1. The minimum Gasteiger partial charge on any atom is -0.396 e. The van der Waals surface area contributed by atoms with Gasteiger partial charge in [-0.2, -0.15) is 0 Å². The molecule has 0 unspecified atom stereocenters. The molecule has 0 radical (unpaired) electrons. The number of halogens is 1. The molecule has 0 amide bonds. The second kappa shape index (κ2) is 5.57. The summed E-state index contributed by atoms with van der Waals surface area (Å²) in [5.74, 6) is 0.0841. The zero-order valence-corrected chi connectivity index (χ0v) is 13.7. The first kappa shape index (κ1) is 15.1. The summed E-state index contributed by atoms with van der Waals surface area (Å²) >= 11 is 3.43. The Morgan fingerprint density at radius 1 is 1.40 bits per heavy atom. The lowest BCUT2D eigenvalue weighted by atomic mass is 10.1. The second-order valence-electron chi connectivity index (χ2n) is 4.78. The monoisotopic (exact) mass is 357 g/mol. The van der Waals surface area contributed by atoms with Crippen molar-refractivity contribution in [2.75, 3.05) is 36.2 Å². The molecule has 5 nitrogen and oxygen atoms in total. The molecule has 2 aromatic rings. The van der Waals surface area contributed by atoms with E-state index >= 15 is 0 Å². The van der Waals surface area contributed by atoms with E-state index in [0.717, 1.165) is 21.1 Å². The molecule has 2 N–H and O–H groups in total. The van der Waals surface area contributed by atoms with Crippen molar-refractivity contribution in [3.05, 3.63) is 28.9 Å². The molecule has 0 aliphatic heterocycles. The van der Waals surface area contributed by atoms with Crippen molar-refractivity contribution in [3.8, 4) is 0 Å². The topological polar surface area (TPSA) is 76.3 Å². The van der Waals surface area contributed by atoms with Crippen LogP contribution in [0.3, 0.4) is 0 Å². The highest BCUT2D eigenvalue weighted by atomic mass is 79.9. The van der Waals surface area contributed by atoms with E-state index in [1.807, 2.05) is 30.1 Å². The van der Waals surface area contributed by atoms with Gasteiger partial charge in [-0.25, -0.2) is 8.42 Å². The van der Waals surface area contributed by atoms with Crippen LogP contribution < -0.4 is 10.6 Å². The first-order valence-electron chi connectivity index (χ1n) is 6.00. The summed E-state index contributed by atoms with van der Waals surface area (Å²) in [7, 11) is -1.18. The first-order valence-corrected chi connectivity index (χ1v) is 8.86. The molecule has 1 aromatic heterocycles. The predicted octanol–water partition coefficient (Wildman–Crippen LogP) is 2.06. The lowest BCUT2D eigenvalue weighted by molar-refractivity contribution is 0.601. The van der Waals surface area contributed by atoms with Crippen LogP contribution in [0.1, 0.15) is 0 Å². The summed E-state index contributed by atoms with van der Waals surface area (Å²) in [4.78, 5) is 6.14. The first-order chi connectivity index (χ1) is 9.28. The normalized spacial score (nSPS) is 11.8. The van der Waals surface area contributed by atoms with Crippen molar-refractivity contribution in [2.45, 2.75) is 0 Å². The summed E-state index contributed by atoms with van der Waals surface area (Å²) in [5, 5.41) is 0.898. The molecular formula is C13H16BrN3O2S. The molecule has 0 bridgehead atoms. The number of nitrogen functional groups attached to an aromatic ring is 1. The van der Waals surface area contributed by atoms with E-state index in [1.165, 1.54) is 6.26 Å². The Morgan fingerprint density at radius 3 is 2.75 bits per heavy atom. The summed E-state index contributed by atoms with van der Waals surface area (Å²) in [6.45, 7) is 0.384. The maximum absolute atomic E-state index is 11.3. The molecule has 108 valence electrons. The average molecular weight is 358 g/mol. The minimum absolute atomic E-state index is 0.0841. The molecular weight excluding hydrogens is 342 g/mol. The van der Waals surface area contributed by atoms with Gasteiger partial charge in [0.1, 0.15) is 9.84 Å². The summed E-state index contributed by atoms with van der Waals surface area (Å²) in [6, 6.07) is 5.74. The van der Waals surface area contributed by atoms with Crippen molar-refractivity contribution >= 4 is 48.0 Å². The van der Waals surface area contributed by atoms with Crippen LogP contribution in [0.5, 0.6) is 0 Å². The number of hydrogen-bond donors (Lipinski definition) is 1. The van der Waals surface area contributed by atoms with E-state index in [1.54, 1.807) is 6.20 Å². The largest absolute Gasteiger partial charge is 0.396 e. The van der Waals surface area contributed by atoms with Gasteiger partial charge in [0.15, 0.2) is 0 Å². The van der Waals surface area contributed by atoms with E-state index in [4.69, 9.17) is 5.73 Å². The van der Waals surface area contributed by atoms with Crippen LogP contribution >= 0.6 is 15.9 Å². The van der Waals surface area contributed by atoms with Gasteiger partial charge in [0.2, 0.25) is 0 Å². The number of nitrogens with two attached hydrogens (primary N) is 1. The van der Waals surface area contributed by atoms with E-state index < -0.39 is 9.84 Å². The lowest BCUT2D eigenvalue weighted by Gasteiger charge is -2.22. The smallest absolute Gasteiger partial charge is 0.149 e. The number of anilines is 2. The number of nitrogens with zero attached hydrogens (tertiary/aromatic N) is 2. The lowest BCUT2D eigenvalue weighted by Crippen LogP contribution is -2.26. The quantitative estimate of drug-likeness (QED) is 0.906. The van der Waals surface area contributed by atoms with Crippen LogP contribution in [-0.4, -0.2) is 39.0 Å². The zero-order valence-electron chi connectivity index (χ0n) is 11.3. The van der Waals surface area contributed by atoms with Gasteiger partial charge in [0.05, 0.1) is 28.8 Å². The number of sulfone groups is 1. The highest BCUT2D eigenvalue weighted by Crippen LogP contribution is 2.32. The minimum atomic E-state index is -3.01. The van der Waals surface area contributed by atoms with E-state index in [0.29, 0.717) is 12.2 Å². The standard InChI is InChI=1S/C13H16BrN3O2S/c1-17(5-6-20(2,18)19)13-10-7-9(14)3-4-12(10)16-8-11(13)15/h3-4,7-8H,5-6,15H2,1-2H3. The number of benzene rings is 1. The van der Waals surface area contributed by atoms with Gasteiger partial charge in [-0.3, -0.25) is 4.98 Å². The molecule has 0 aliphatic carbocycles. The SMILES string of the molecule is CN(CCS(C)(=O)=O)c1c(N)cnc2ccc(Br)cc12. The van der Waals surface area contributed by atoms with E-state index in [-0.39, 0.29) is 5.75 Å². The van der Waals surface area contributed by atoms with Crippen LogP contribution in [0.15, 0.2) is 28.9 Å². The van der Waals surface area contributed by atoms with Crippen molar-refractivity contribution in [1.82, 2.24) is 4.98 Å². The number of hydrogen-bond acceptors (Lipinski definition) is 5. The fraction of sp³-hybridized carbons (Fsp3) is 0.308. The highest BCUT2D eigenvalue weighted by molar-refractivity contribution is 9.10. The molecule has 0 saturated heterocycles. The fourth-order valence-electron chi connectivity index (χ4n) is 2.01. The van der Waals surface area contributed by atoms with Gasteiger partial charge in [0.25, 0.3) is 0 Å². The molecule has 0 aliphatic rings. The van der Waals surface area contributed by atoms with Crippen LogP contribution in [0, 0.1) is 0 Å². The van der Waals surface area contributed by atoms with Crippen LogP contribution in [-0.2, 0) is 9.84 Å². The molecule has 1 heterocycles. The number of aromatic nitrogens is 1. The van der Waals surface area contributed by atoms with Crippen LogP contribution in [0.4, 0.5) is 11.4 Å². The molecule has 7 heteroatoms. The molecule has 0 atom stereocenters.